The molecule has 0 saturated carbocycles. The fourth-order valence-corrected chi connectivity index (χ4v) is 3.61. The first-order valence-corrected chi connectivity index (χ1v) is 10.2. The summed E-state index contributed by atoms with van der Waals surface area (Å²) in [6, 6.07) is 10.4. The molecule has 0 aliphatic rings. The third kappa shape index (κ3) is 7.56. The zero-order valence-electron chi connectivity index (χ0n) is 15.2. The smallest absolute Gasteiger partial charge is 0.406 e. The molecule has 2 rings (SSSR count). The molecule has 0 aromatic heterocycles. The van der Waals surface area contributed by atoms with Crippen LogP contribution < -0.4 is 14.8 Å². The molecule has 0 spiro atoms. The summed E-state index contributed by atoms with van der Waals surface area (Å²) in [6.07, 6.45) is -4.99. The van der Waals surface area contributed by atoms with Gasteiger partial charge in [-0.25, -0.2) is 13.1 Å². The Morgan fingerprint density at radius 2 is 1.83 bits per heavy atom. The van der Waals surface area contributed by atoms with E-state index >= 15 is 0 Å². The van der Waals surface area contributed by atoms with Crippen LogP contribution in [0.25, 0.3) is 0 Å². The van der Waals surface area contributed by atoms with Gasteiger partial charge in [0.25, 0.3) is 0 Å². The Morgan fingerprint density at radius 1 is 1.17 bits per heavy atom. The van der Waals surface area contributed by atoms with Crippen LogP contribution in [0.3, 0.4) is 0 Å². The first-order valence-electron chi connectivity index (χ1n) is 8.36. The van der Waals surface area contributed by atoms with Crippen molar-refractivity contribution in [3.8, 4) is 5.75 Å². The maximum absolute atomic E-state index is 12.2. The summed E-state index contributed by atoms with van der Waals surface area (Å²) < 4.78 is 66.7. The highest BCUT2D eigenvalue weighted by Crippen LogP contribution is 2.23. The summed E-state index contributed by atoms with van der Waals surface area (Å²) in [6.45, 7) is 1.58. The Kier molecular flexibility index (Phi) is 7.50. The molecule has 11 heteroatoms. The molecule has 2 N–H and O–H groups in total. The van der Waals surface area contributed by atoms with Crippen molar-refractivity contribution >= 4 is 27.5 Å². The molecular weight excluding hydrogens is 433 g/mol. The second kappa shape index (κ2) is 9.47. The molecule has 1 amide bonds. The predicted octanol–water partition coefficient (Wildman–Crippen LogP) is 3.78. The Balaban J connectivity index is 1.86. The number of benzene rings is 2. The number of sulfonamides is 1. The van der Waals surface area contributed by atoms with E-state index in [0.717, 1.165) is 29.8 Å². The molecule has 1 atom stereocenters. The van der Waals surface area contributed by atoms with Crippen molar-refractivity contribution in [3.63, 3.8) is 0 Å². The molecule has 1 unspecified atom stereocenters. The normalized spacial score (nSPS) is 13.0. The highest BCUT2D eigenvalue weighted by molar-refractivity contribution is 7.89. The molecule has 6 nitrogen and oxygen atoms in total. The van der Waals surface area contributed by atoms with E-state index in [-0.39, 0.29) is 29.8 Å². The van der Waals surface area contributed by atoms with Crippen LogP contribution in [-0.2, 0) is 14.8 Å². The van der Waals surface area contributed by atoms with E-state index in [0.29, 0.717) is 5.02 Å². The van der Waals surface area contributed by atoms with Gasteiger partial charge in [-0.15, -0.1) is 13.2 Å². The zero-order valence-corrected chi connectivity index (χ0v) is 16.7. The number of amides is 1. The van der Waals surface area contributed by atoms with Crippen LogP contribution in [0.1, 0.15) is 24.9 Å². The lowest BCUT2D eigenvalue weighted by Gasteiger charge is -2.15. The van der Waals surface area contributed by atoms with E-state index in [2.05, 4.69) is 14.8 Å². The quantitative estimate of drug-likeness (QED) is 0.641. The largest absolute Gasteiger partial charge is 0.573 e. The molecule has 0 heterocycles. The molecule has 0 bridgehead atoms. The van der Waals surface area contributed by atoms with Crippen LogP contribution in [0.5, 0.6) is 5.75 Å². The lowest BCUT2D eigenvalue weighted by atomic mass is 10.1. The number of hydrogen-bond donors (Lipinski definition) is 2. The molecular formula is C18H18ClF3N2O4S. The van der Waals surface area contributed by atoms with Crippen molar-refractivity contribution in [1.82, 2.24) is 10.0 Å². The molecule has 0 aliphatic heterocycles. The summed E-state index contributed by atoms with van der Waals surface area (Å²) >= 11 is 5.91. The zero-order chi connectivity index (χ0) is 21.7. The van der Waals surface area contributed by atoms with Gasteiger partial charge in [0.05, 0.1) is 10.9 Å². The van der Waals surface area contributed by atoms with E-state index < -0.39 is 22.1 Å². The number of nitrogens with one attached hydrogen (secondary N) is 2. The number of ether oxygens (including phenoxy) is 1. The molecule has 0 saturated heterocycles. The van der Waals surface area contributed by atoms with Crippen LogP contribution in [0, 0.1) is 0 Å². The molecule has 2 aromatic carbocycles. The SMILES string of the molecule is CC(NC(=O)CCNS(=O)(=O)c1ccc(OC(F)(F)F)cc1)c1cccc(Cl)c1. The Hall–Kier alpha value is -2.30. The minimum absolute atomic E-state index is 0.126. The van der Waals surface area contributed by atoms with Gasteiger partial charge in [-0.1, -0.05) is 23.7 Å². The number of hydrogen-bond acceptors (Lipinski definition) is 4. The van der Waals surface area contributed by atoms with E-state index in [4.69, 9.17) is 11.6 Å². The van der Waals surface area contributed by atoms with Crippen molar-refractivity contribution in [2.45, 2.75) is 30.6 Å². The minimum Gasteiger partial charge on any atom is -0.406 e. The summed E-state index contributed by atoms with van der Waals surface area (Å²) in [5.41, 5.74) is 0.799. The van der Waals surface area contributed by atoms with E-state index in [1.54, 1.807) is 31.2 Å². The molecule has 0 fully saturated rings. The van der Waals surface area contributed by atoms with Crippen LogP contribution in [0.4, 0.5) is 13.2 Å². The van der Waals surface area contributed by atoms with Gasteiger partial charge >= 0.3 is 6.36 Å². The van der Waals surface area contributed by atoms with Gasteiger partial charge in [0.2, 0.25) is 15.9 Å². The average Bonchev–Trinajstić information content (AvgIpc) is 2.60. The van der Waals surface area contributed by atoms with Gasteiger partial charge < -0.3 is 10.1 Å². The van der Waals surface area contributed by atoms with Crippen molar-refractivity contribution in [2.24, 2.45) is 0 Å². The first kappa shape index (κ1) is 23.0. The van der Waals surface area contributed by atoms with E-state index in [9.17, 15) is 26.4 Å². The number of carbonyl (C=O) groups is 1. The van der Waals surface area contributed by atoms with Crippen LogP contribution in [0.2, 0.25) is 5.02 Å². The van der Waals surface area contributed by atoms with E-state index in [1.165, 1.54) is 0 Å². The highest BCUT2D eigenvalue weighted by atomic mass is 35.5. The fraction of sp³-hybridized carbons (Fsp3) is 0.278. The lowest BCUT2D eigenvalue weighted by Crippen LogP contribution is -2.32. The Bertz CT molecular complexity index is 950. The van der Waals surface area contributed by atoms with E-state index in [1.807, 2.05) is 0 Å². The monoisotopic (exact) mass is 450 g/mol. The topological polar surface area (TPSA) is 84.5 Å². The Labute approximate surface area is 171 Å². The molecule has 158 valence electrons. The number of alkyl halides is 3. The Morgan fingerprint density at radius 3 is 2.41 bits per heavy atom. The standard InChI is InChI=1S/C18H18ClF3N2O4S/c1-12(13-3-2-4-14(19)11-13)24-17(25)9-10-23-29(26,27)16-7-5-15(6-8-16)28-18(20,21)22/h2-8,11-12,23H,9-10H2,1H3,(H,24,25). The summed E-state index contributed by atoms with van der Waals surface area (Å²) in [5, 5.41) is 3.25. The average molecular weight is 451 g/mol. The van der Waals surface area contributed by atoms with Gasteiger partial charge in [0.1, 0.15) is 5.75 Å². The van der Waals surface area contributed by atoms with Gasteiger partial charge in [-0.3, -0.25) is 4.79 Å². The summed E-state index contributed by atoms with van der Waals surface area (Å²) in [7, 11) is -3.99. The van der Waals surface area contributed by atoms with Crippen molar-refractivity contribution in [2.75, 3.05) is 6.54 Å². The molecule has 29 heavy (non-hydrogen) atoms. The fourth-order valence-electron chi connectivity index (χ4n) is 2.38. The van der Waals surface area contributed by atoms with Crippen molar-refractivity contribution < 1.29 is 31.1 Å². The maximum atomic E-state index is 12.2. The third-order valence-corrected chi connectivity index (χ3v) is 5.45. The highest BCUT2D eigenvalue weighted by Gasteiger charge is 2.31. The van der Waals surface area contributed by atoms with Crippen LogP contribution in [0.15, 0.2) is 53.4 Å². The number of carbonyl (C=O) groups excluding carboxylic acids is 1. The van der Waals surface area contributed by atoms with Gasteiger partial charge in [-0.05, 0) is 48.9 Å². The van der Waals surface area contributed by atoms with Gasteiger partial charge in [0, 0.05) is 18.0 Å². The van der Waals surface area contributed by atoms with Crippen LogP contribution >= 0.6 is 11.6 Å². The first-order chi connectivity index (χ1) is 13.5. The lowest BCUT2D eigenvalue weighted by molar-refractivity contribution is -0.274. The van der Waals surface area contributed by atoms with Crippen molar-refractivity contribution in [3.05, 3.63) is 59.1 Å². The third-order valence-electron chi connectivity index (χ3n) is 3.74. The molecule has 0 radical (unpaired) electrons. The minimum atomic E-state index is -4.87. The number of halogens is 4. The summed E-state index contributed by atoms with van der Waals surface area (Å²) in [4.78, 5) is 11.8. The van der Waals surface area contributed by atoms with Gasteiger partial charge in [-0.2, -0.15) is 0 Å². The number of rotatable bonds is 8. The molecule has 0 aliphatic carbocycles. The van der Waals surface area contributed by atoms with Crippen molar-refractivity contribution in [1.29, 1.82) is 0 Å². The predicted molar refractivity (Wildman–Crippen MR) is 101 cm³/mol. The van der Waals surface area contributed by atoms with Crippen LogP contribution in [-0.4, -0.2) is 27.2 Å². The maximum Gasteiger partial charge on any atom is 0.573 e. The summed E-state index contributed by atoms with van der Waals surface area (Å²) in [5.74, 6) is -0.917. The second-order valence-corrected chi connectivity index (χ2v) is 8.21. The molecule has 2 aromatic rings. The second-order valence-electron chi connectivity index (χ2n) is 6.01. The van der Waals surface area contributed by atoms with Gasteiger partial charge in [0.15, 0.2) is 0 Å².